The van der Waals surface area contributed by atoms with E-state index in [1.165, 1.54) is 0 Å². The molecule has 0 bridgehead atoms. The van der Waals surface area contributed by atoms with Crippen LogP contribution in [0.15, 0.2) is 12.1 Å². The molecule has 0 aliphatic carbocycles. The Labute approximate surface area is 114 Å². The first-order valence-electron chi connectivity index (χ1n) is 5.59. The largest absolute Gasteiger partial charge is 0.425 e. The number of halogens is 4. The Hall–Kier alpha value is -0.300. The second-order valence-corrected chi connectivity index (χ2v) is 5.55. The van der Waals surface area contributed by atoms with Gasteiger partial charge in [0.2, 0.25) is 0 Å². The molecule has 2 N–H and O–H groups in total. The standard InChI is InChI=1S/C11H15F3N2S.ClH/c12-11(13,14)10-2-1-9(17-10)7-16-5-3-8(15)4-6-16;/h1-2,8H,3-7,15H2;1H. The summed E-state index contributed by atoms with van der Waals surface area (Å²) in [6, 6.07) is 2.98. The van der Waals surface area contributed by atoms with Crippen molar-refractivity contribution in [1.82, 2.24) is 4.90 Å². The smallest absolute Gasteiger partial charge is 0.328 e. The molecule has 1 fully saturated rings. The molecule has 0 aromatic carbocycles. The van der Waals surface area contributed by atoms with Crippen molar-refractivity contribution in [3.05, 3.63) is 21.9 Å². The Bertz CT molecular complexity index is 373. The number of hydrogen-bond acceptors (Lipinski definition) is 3. The zero-order chi connectivity index (χ0) is 12.5. The first-order valence-corrected chi connectivity index (χ1v) is 6.40. The van der Waals surface area contributed by atoms with Gasteiger partial charge in [-0.1, -0.05) is 0 Å². The fourth-order valence-corrected chi connectivity index (χ4v) is 2.86. The van der Waals surface area contributed by atoms with Crippen LogP contribution < -0.4 is 5.73 Å². The van der Waals surface area contributed by atoms with Gasteiger partial charge in [-0.3, -0.25) is 4.90 Å². The zero-order valence-corrected chi connectivity index (χ0v) is 11.4. The molecule has 1 aromatic heterocycles. The zero-order valence-electron chi connectivity index (χ0n) is 9.74. The lowest BCUT2D eigenvalue weighted by Crippen LogP contribution is -2.39. The lowest BCUT2D eigenvalue weighted by molar-refractivity contribution is -0.134. The van der Waals surface area contributed by atoms with E-state index in [2.05, 4.69) is 4.90 Å². The average molecular weight is 301 g/mol. The Morgan fingerprint density at radius 1 is 1.28 bits per heavy atom. The fourth-order valence-electron chi connectivity index (χ4n) is 1.95. The van der Waals surface area contributed by atoms with Crippen molar-refractivity contribution in [3.63, 3.8) is 0 Å². The van der Waals surface area contributed by atoms with Gasteiger partial charge in [0.05, 0.1) is 0 Å². The topological polar surface area (TPSA) is 29.3 Å². The van der Waals surface area contributed by atoms with Crippen molar-refractivity contribution in [2.24, 2.45) is 5.73 Å². The molecule has 0 unspecified atom stereocenters. The summed E-state index contributed by atoms with van der Waals surface area (Å²) in [5.41, 5.74) is 5.78. The number of alkyl halides is 3. The molecule has 7 heteroatoms. The van der Waals surface area contributed by atoms with Crippen LogP contribution in [0.25, 0.3) is 0 Å². The van der Waals surface area contributed by atoms with Gasteiger partial charge in [0.25, 0.3) is 0 Å². The first-order chi connectivity index (χ1) is 7.95. The summed E-state index contributed by atoms with van der Waals surface area (Å²) in [5, 5.41) is 0. The minimum absolute atomic E-state index is 0. The van der Waals surface area contributed by atoms with Gasteiger partial charge in [-0.25, -0.2) is 0 Å². The van der Waals surface area contributed by atoms with Crippen LogP contribution in [0.1, 0.15) is 22.6 Å². The quantitative estimate of drug-likeness (QED) is 0.909. The van der Waals surface area contributed by atoms with Gasteiger partial charge in [-0.2, -0.15) is 13.2 Å². The molecule has 104 valence electrons. The highest BCUT2D eigenvalue weighted by molar-refractivity contribution is 7.12. The number of piperidine rings is 1. The third-order valence-corrected chi connectivity index (χ3v) is 4.07. The molecule has 2 nitrogen and oxygen atoms in total. The summed E-state index contributed by atoms with van der Waals surface area (Å²) in [4.78, 5) is 2.42. The summed E-state index contributed by atoms with van der Waals surface area (Å²) in [5.74, 6) is 0. The summed E-state index contributed by atoms with van der Waals surface area (Å²) in [7, 11) is 0. The van der Waals surface area contributed by atoms with E-state index in [4.69, 9.17) is 5.73 Å². The number of nitrogens with zero attached hydrogens (tertiary/aromatic N) is 1. The van der Waals surface area contributed by atoms with Crippen molar-refractivity contribution < 1.29 is 13.2 Å². The van der Waals surface area contributed by atoms with Crippen molar-refractivity contribution in [3.8, 4) is 0 Å². The second-order valence-electron chi connectivity index (χ2n) is 4.38. The highest BCUT2D eigenvalue weighted by Gasteiger charge is 2.32. The van der Waals surface area contributed by atoms with E-state index in [0.29, 0.717) is 6.54 Å². The monoisotopic (exact) mass is 300 g/mol. The minimum atomic E-state index is -4.22. The number of hydrogen-bond donors (Lipinski definition) is 1. The van der Waals surface area contributed by atoms with Crippen LogP contribution in [0.2, 0.25) is 0 Å². The molecule has 1 aromatic rings. The molecular formula is C11H16ClF3N2S. The van der Waals surface area contributed by atoms with Crippen molar-refractivity contribution in [2.75, 3.05) is 13.1 Å². The highest BCUT2D eigenvalue weighted by Crippen LogP contribution is 2.35. The van der Waals surface area contributed by atoms with Gasteiger partial charge in [0, 0.05) is 17.5 Å². The van der Waals surface area contributed by atoms with Gasteiger partial charge >= 0.3 is 6.18 Å². The SMILES string of the molecule is Cl.NC1CCN(Cc2ccc(C(F)(F)F)s2)CC1. The Balaban J connectivity index is 0.00000162. The minimum Gasteiger partial charge on any atom is -0.328 e. The molecular weight excluding hydrogens is 285 g/mol. The Morgan fingerprint density at radius 3 is 2.39 bits per heavy atom. The summed E-state index contributed by atoms with van der Waals surface area (Å²) >= 11 is 0.836. The summed E-state index contributed by atoms with van der Waals surface area (Å²) < 4.78 is 37.2. The average Bonchev–Trinajstić information content (AvgIpc) is 2.69. The first kappa shape index (κ1) is 15.8. The van der Waals surface area contributed by atoms with E-state index < -0.39 is 11.1 Å². The van der Waals surface area contributed by atoms with Gasteiger partial charge in [-0.05, 0) is 38.1 Å². The summed E-state index contributed by atoms with van der Waals surface area (Å²) in [6.45, 7) is 2.36. The van der Waals surface area contributed by atoms with Crippen LogP contribution in [0.3, 0.4) is 0 Å². The van der Waals surface area contributed by atoms with E-state index in [9.17, 15) is 13.2 Å². The predicted octanol–water partition coefficient (Wildman–Crippen LogP) is 3.11. The van der Waals surface area contributed by atoms with E-state index >= 15 is 0 Å². The summed E-state index contributed by atoms with van der Waals surface area (Å²) in [6.07, 6.45) is -2.36. The van der Waals surface area contributed by atoms with Crippen molar-refractivity contribution in [1.29, 1.82) is 0 Å². The van der Waals surface area contributed by atoms with Crippen LogP contribution >= 0.6 is 23.7 Å². The molecule has 1 aliphatic rings. The fraction of sp³-hybridized carbons (Fsp3) is 0.636. The lowest BCUT2D eigenvalue weighted by Gasteiger charge is -2.29. The van der Waals surface area contributed by atoms with Crippen LogP contribution in [-0.4, -0.2) is 24.0 Å². The van der Waals surface area contributed by atoms with E-state index in [1.807, 2.05) is 0 Å². The van der Waals surface area contributed by atoms with E-state index in [0.717, 1.165) is 48.2 Å². The normalized spacial score (nSPS) is 18.7. The molecule has 0 saturated carbocycles. The Morgan fingerprint density at radius 2 is 1.89 bits per heavy atom. The third kappa shape index (κ3) is 4.12. The lowest BCUT2D eigenvalue weighted by atomic mass is 10.1. The van der Waals surface area contributed by atoms with Crippen LogP contribution in [0.4, 0.5) is 13.2 Å². The molecule has 18 heavy (non-hydrogen) atoms. The predicted molar refractivity (Wildman–Crippen MR) is 69.1 cm³/mol. The van der Waals surface area contributed by atoms with Gasteiger partial charge in [0.15, 0.2) is 0 Å². The molecule has 1 saturated heterocycles. The molecule has 0 amide bonds. The molecule has 0 radical (unpaired) electrons. The second kappa shape index (κ2) is 6.23. The van der Waals surface area contributed by atoms with Crippen LogP contribution in [0, 0.1) is 0 Å². The maximum Gasteiger partial charge on any atom is 0.425 e. The van der Waals surface area contributed by atoms with E-state index in [-0.39, 0.29) is 18.4 Å². The number of likely N-dealkylation sites (tertiary alicyclic amines) is 1. The molecule has 2 heterocycles. The number of thiophene rings is 1. The molecule has 2 rings (SSSR count). The van der Waals surface area contributed by atoms with Crippen molar-refractivity contribution in [2.45, 2.75) is 31.6 Å². The van der Waals surface area contributed by atoms with E-state index in [1.54, 1.807) is 6.07 Å². The number of rotatable bonds is 2. The van der Waals surface area contributed by atoms with Gasteiger partial charge in [-0.15, -0.1) is 23.7 Å². The van der Waals surface area contributed by atoms with Crippen LogP contribution in [-0.2, 0) is 12.7 Å². The van der Waals surface area contributed by atoms with Crippen LogP contribution in [0.5, 0.6) is 0 Å². The highest BCUT2D eigenvalue weighted by atomic mass is 35.5. The molecule has 1 aliphatic heterocycles. The molecule has 0 spiro atoms. The maximum atomic E-state index is 12.4. The van der Waals surface area contributed by atoms with Gasteiger partial charge in [0.1, 0.15) is 4.88 Å². The number of nitrogens with two attached hydrogens (primary N) is 1. The van der Waals surface area contributed by atoms with Gasteiger partial charge < -0.3 is 5.73 Å². The third-order valence-electron chi connectivity index (χ3n) is 2.95. The van der Waals surface area contributed by atoms with Crippen molar-refractivity contribution >= 4 is 23.7 Å². The maximum absolute atomic E-state index is 12.4. The molecule has 0 atom stereocenters. The Kier molecular flexibility index (Phi) is 5.46.